The lowest BCUT2D eigenvalue weighted by atomic mass is 9.94. The summed E-state index contributed by atoms with van der Waals surface area (Å²) in [7, 11) is 0. The quantitative estimate of drug-likeness (QED) is 0.558. The van der Waals surface area contributed by atoms with E-state index in [2.05, 4.69) is 15.3 Å². The first-order chi connectivity index (χ1) is 17.2. The summed E-state index contributed by atoms with van der Waals surface area (Å²) in [6, 6.07) is 13.6. The average molecular weight is 473 g/mol. The molecule has 1 N–H and O–H groups in total. The molecule has 2 aromatic heterocycles. The van der Waals surface area contributed by atoms with Gasteiger partial charge in [-0.2, -0.15) is 0 Å². The molecule has 0 bridgehead atoms. The summed E-state index contributed by atoms with van der Waals surface area (Å²) in [4.78, 5) is 37.5. The van der Waals surface area contributed by atoms with Gasteiger partial charge in [0.05, 0.1) is 0 Å². The molecule has 0 spiro atoms. The largest absolute Gasteiger partial charge is 0.454 e. The minimum Gasteiger partial charge on any atom is -0.454 e. The molecule has 3 aromatic rings. The van der Waals surface area contributed by atoms with Gasteiger partial charge in [-0.25, -0.2) is 0 Å². The fraction of sp³-hybridized carbons (Fsp3) is 0.333. The smallest absolute Gasteiger partial charge is 0.273 e. The van der Waals surface area contributed by atoms with Crippen LogP contribution >= 0.6 is 0 Å². The highest BCUT2D eigenvalue weighted by Gasteiger charge is 2.34. The zero-order valence-corrected chi connectivity index (χ0v) is 19.4. The topological polar surface area (TPSA) is 93.7 Å². The number of benzene rings is 1. The van der Waals surface area contributed by atoms with Crippen LogP contribution in [0, 0.1) is 0 Å². The number of hydrogen-bond acceptors (Lipinski definition) is 6. The molecule has 2 amide bonds. The molecule has 2 aliphatic rings. The number of pyridine rings is 2. The SMILES string of the molecule is O=C(NC1CCCCC1)[C@@H](c1ccncc1)N(Cc1ccc2c(c1)OCO2)C(=O)c1ccccn1. The Labute approximate surface area is 204 Å². The maximum atomic E-state index is 13.8. The van der Waals surface area contributed by atoms with Crippen molar-refractivity contribution in [3.05, 3.63) is 83.9 Å². The van der Waals surface area contributed by atoms with Crippen LogP contribution in [0.5, 0.6) is 11.5 Å². The van der Waals surface area contributed by atoms with Gasteiger partial charge in [-0.15, -0.1) is 0 Å². The third kappa shape index (κ3) is 5.26. The van der Waals surface area contributed by atoms with Gasteiger partial charge >= 0.3 is 0 Å². The lowest BCUT2D eigenvalue weighted by Gasteiger charge is -2.33. The number of aromatic nitrogens is 2. The van der Waals surface area contributed by atoms with Gasteiger partial charge in [0.25, 0.3) is 5.91 Å². The molecule has 0 unspecified atom stereocenters. The summed E-state index contributed by atoms with van der Waals surface area (Å²) in [5.41, 5.74) is 1.79. The number of fused-ring (bicyclic) bond motifs is 1. The molecular weight excluding hydrogens is 444 g/mol. The van der Waals surface area contributed by atoms with Gasteiger partial charge in [-0.1, -0.05) is 31.4 Å². The van der Waals surface area contributed by atoms with Crippen LogP contribution in [0.1, 0.15) is 59.8 Å². The fourth-order valence-electron chi connectivity index (χ4n) is 4.70. The second kappa shape index (κ2) is 10.5. The van der Waals surface area contributed by atoms with E-state index in [9.17, 15) is 9.59 Å². The van der Waals surface area contributed by atoms with Gasteiger partial charge in [-0.05, 0) is 60.4 Å². The average Bonchev–Trinajstić information content (AvgIpc) is 3.38. The van der Waals surface area contributed by atoms with Crippen molar-refractivity contribution in [1.82, 2.24) is 20.2 Å². The first kappa shape index (κ1) is 22.8. The number of hydrogen-bond donors (Lipinski definition) is 1. The third-order valence-electron chi connectivity index (χ3n) is 6.47. The van der Waals surface area contributed by atoms with Crippen LogP contribution in [0.4, 0.5) is 0 Å². The van der Waals surface area contributed by atoms with Crippen LogP contribution in [-0.4, -0.2) is 39.5 Å². The molecule has 1 aliphatic carbocycles. The van der Waals surface area contributed by atoms with Crippen molar-refractivity contribution in [3.63, 3.8) is 0 Å². The van der Waals surface area contributed by atoms with E-state index in [1.54, 1.807) is 53.8 Å². The van der Waals surface area contributed by atoms with Gasteiger partial charge in [0.1, 0.15) is 11.7 Å². The van der Waals surface area contributed by atoms with Crippen LogP contribution < -0.4 is 14.8 Å². The van der Waals surface area contributed by atoms with Crippen LogP contribution in [0.15, 0.2) is 67.1 Å². The molecule has 1 atom stereocenters. The molecule has 0 saturated heterocycles. The molecule has 0 radical (unpaired) electrons. The Morgan fingerprint density at radius 3 is 2.54 bits per heavy atom. The number of nitrogens with one attached hydrogen (secondary N) is 1. The Morgan fingerprint density at radius 2 is 1.77 bits per heavy atom. The predicted octanol–water partition coefficient (Wildman–Crippen LogP) is 4.04. The first-order valence-corrected chi connectivity index (χ1v) is 12.0. The molecule has 3 heterocycles. The van der Waals surface area contributed by atoms with Crippen molar-refractivity contribution < 1.29 is 19.1 Å². The number of amides is 2. The van der Waals surface area contributed by atoms with E-state index >= 15 is 0 Å². The van der Waals surface area contributed by atoms with Crippen molar-refractivity contribution >= 4 is 11.8 Å². The number of ether oxygens (including phenoxy) is 2. The van der Waals surface area contributed by atoms with E-state index in [1.165, 1.54) is 6.42 Å². The van der Waals surface area contributed by atoms with E-state index in [1.807, 2.05) is 18.2 Å². The zero-order valence-electron chi connectivity index (χ0n) is 19.4. The minimum atomic E-state index is -0.847. The summed E-state index contributed by atoms with van der Waals surface area (Å²) in [6.07, 6.45) is 10.1. The Balaban J connectivity index is 1.52. The van der Waals surface area contributed by atoms with Crippen LogP contribution in [0.25, 0.3) is 0 Å². The summed E-state index contributed by atoms with van der Waals surface area (Å²) < 4.78 is 11.0. The van der Waals surface area contributed by atoms with E-state index in [4.69, 9.17) is 9.47 Å². The van der Waals surface area contributed by atoms with Gasteiger partial charge in [0.15, 0.2) is 11.5 Å². The molecule has 5 rings (SSSR count). The molecule has 1 saturated carbocycles. The Morgan fingerprint density at radius 1 is 0.971 bits per heavy atom. The maximum Gasteiger partial charge on any atom is 0.273 e. The molecule has 1 aliphatic heterocycles. The molecule has 8 nitrogen and oxygen atoms in total. The second-order valence-electron chi connectivity index (χ2n) is 8.86. The van der Waals surface area contributed by atoms with Crippen molar-refractivity contribution in [1.29, 1.82) is 0 Å². The number of nitrogens with zero attached hydrogens (tertiary/aromatic N) is 3. The monoisotopic (exact) mass is 472 g/mol. The highest BCUT2D eigenvalue weighted by Crippen LogP contribution is 2.34. The van der Waals surface area contributed by atoms with Crippen LogP contribution in [-0.2, 0) is 11.3 Å². The maximum absolute atomic E-state index is 13.8. The van der Waals surface area contributed by atoms with E-state index < -0.39 is 6.04 Å². The lowest BCUT2D eigenvalue weighted by Crippen LogP contribution is -2.47. The van der Waals surface area contributed by atoms with Gasteiger partial charge in [0, 0.05) is 31.2 Å². The summed E-state index contributed by atoms with van der Waals surface area (Å²) in [5.74, 6) is 0.758. The van der Waals surface area contributed by atoms with Crippen molar-refractivity contribution in [3.8, 4) is 11.5 Å². The van der Waals surface area contributed by atoms with Crippen LogP contribution in [0.3, 0.4) is 0 Å². The first-order valence-electron chi connectivity index (χ1n) is 12.0. The highest BCUT2D eigenvalue weighted by atomic mass is 16.7. The lowest BCUT2D eigenvalue weighted by molar-refractivity contribution is -0.127. The number of carbonyl (C=O) groups is 2. The number of carbonyl (C=O) groups excluding carboxylic acids is 2. The predicted molar refractivity (Wildman–Crippen MR) is 129 cm³/mol. The highest BCUT2D eigenvalue weighted by molar-refractivity contribution is 5.96. The number of rotatable bonds is 7. The second-order valence-corrected chi connectivity index (χ2v) is 8.86. The molecule has 180 valence electrons. The molecule has 1 fully saturated rings. The molecule has 1 aromatic carbocycles. The van der Waals surface area contributed by atoms with Gasteiger partial charge < -0.3 is 19.7 Å². The third-order valence-corrected chi connectivity index (χ3v) is 6.47. The van der Waals surface area contributed by atoms with E-state index in [0.29, 0.717) is 17.1 Å². The standard InChI is InChI=1S/C27H28N4O4/c32-26(30-21-6-2-1-3-7-21)25(20-11-14-28-15-12-20)31(27(33)22-8-4-5-13-29-22)17-19-9-10-23-24(16-19)35-18-34-23/h4-5,8-16,21,25H,1-3,6-7,17-18H2,(H,30,32)/t25-/m1/s1. The normalized spacial score (nSPS) is 15.9. The summed E-state index contributed by atoms with van der Waals surface area (Å²) in [5, 5.41) is 3.21. The van der Waals surface area contributed by atoms with E-state index in [0.717, 1.165) is 31.2 Å². The van der Waals surface area contributed by atoms with Gasteiger partial charge in [0.2, 0.25) is 12.7 Å². The zero-order chi connectivity index (χ0) is 24.0. The Kier molecular flexibility index (Phi) is 6.88. The van der Waals surface area contributed by atoms with Gasteiger partial charge in [-0.3, -0.25) is 19.6 Å². The van der Waals surface area contributed by atoms with E-state index in [-0.39, 0.29) is 36.9 Å². The molecule has 8 heteroatoms. The van der Waals surface area contributed by atoms with Crippen molar-refractivity contribution in [2.45, 2.75) is 50.7 Å². The molecule has 35 heavy (non-hydrogen) atoms. The van der Waals surface area contributed by atoms with Crippen LogP contribution in [0.2, 0.25) is 0 Å². The molecular formula is C27H28N4O4. The van der Waals surface area contributed by atoms with Crippen molar-refractivity contribution in [2.75, 3.05) is 6.79 Å². The Bertz CT molecular complexity index is 1170. The minimum absolute atomic E-state index is 0.109. The Hall–Kier alpha value is -3.94. The summed E-state index contributed by atoms with van der Waals surface area (Å²) in [6.45, 7) is 0.357. The fourth-order valence-corrected chi connectivity index (χ4v) is 4.70. The van der Waals surface area contributed by atoms with Crippen molar-refractivity contribution in [2.24, 2.45) is 0 Å². The summed E-state index contributed by atoms with van der Waals surface area (Å²) >= 11 is 0.